The number of benzene rings is 2. The average molecular weight is 583 g/mol. The van der Waals surface area contributed by atoms with E-state index in [9.17, 15) is 9.18 Å². The van der Waals surface area contributed by atoms with Crippen LogP contribution in [0.3, 0.4) is 0 Å². The molecule has 6 rings (SSSR count). The zero-order valence-corrected chi connectivity index (χ0v) is 23.5. The van der Waals surface area contributed by atoms with Gasteiger partial charge >= 0.3 is 5.97 Å². The van der Waals surface area contributed by atoms with Crippen molar-refractivity contribution in [3.05, 3.63) is 94.4 Å². The maximum absolute atomic E-state index is 14.2. The molecule has 0 aliphatic carbocycles. The van der Waals surface area contributed by atoms with Crippen LogP contribution < -0.4 is 4.74 Å². The highest BCUT2D eigenvalue weighted by molar-refractivity contribution is 5.93. The molecule has 0 spiro atoms. The standard InChI is InChI=1S/C30H27FN8O4/c1-41-10-9-38-26-12-20(29(40)42-2)5-6-24(26)34-27(38)17-37-14-22-15-39(36-25(22)16-37)30-33-8-7-28(35-30)43-18-21-4-3-19(13-32)11-23(21)31/h3-8,11-12,15H,9-10,14,16-18H2,1-2H3. The van der Waals surface area contributed by atoms with Crippen LogP contribution in [0, 0.1) is 17.1 Å². The lowest BCUT2D eigenvalue weighted by Gasteiger charge is -2.16. The third kappa shape index (κ3) is 5.78. The summed E-state index contributed by atoms with van der Waals surface area (Å²) in [7, 11) is 3.01. The molecule has 218 valence electrons. The van der Waals surface area contributed by atoms with Gasteiger partial charge in [-0.25, -0.2) is 23.8 Å². The number of carbonyl (C=O) groups excluding carboxylic acids is 1. The highest BCUT2D eigenvalue weighted by Gasteiger charge is 2.26. The first kappa shape index (κ1) is 28.0. The smallest absolute Gasteiger partial charge is 0.337 e. The van der Waals surface area contributed by atoms with Crippen LogP contribution in [-0.4, -0.2) is 61.0 Å². The van der Waals surface area contributed by atoms with Crippen LogP contribution in [0.5, 0.6) is 5.88 Å². The number of nitriles is 1. The van der Waals surface area contributed by atoms with E-state index in [2.05, 4.69) is 19.4 Å². The quantitative estimate of drug-likeness (QED) is 0.225. The number of ether oxygens (including phenoxy) is 3. The largest absolute Gasteiger partial charge is 0.473 e. The number of carbonyl (C=O) groups is 1. The van der Waals surface area contributed by atoms with Crippen LogP contribution in [0.25, 0.3) is 17.0 Å². The van der Waals surface area contributed by atoms with Crippen molar-refractivity contribution in [1.82, 2.24) is 34.2 Å². The Labute approximate surface area is 245 Å². The molecule has 12 nitrogen and oxygen atoms in total. The third-order valence-electron chi connectivity index (χ3n) is 7.16. The van der Waals surface area contributed by atoms with Crippen LogP contribution in [0.1, 0.15) is 38.6 Å². The zero-order chi connectivity index (χ0) is 29.9. The van der Waals surface area contributed by atoms with E-state index in [1.54, 1.807) is 36.2 Å². The molecule has 4 heterocycles. The number of aromatic nitrogens is 6. The molecule has 0 fully saturated rings. The monoisotopic (exact) mass is 582 g/mol. The number of nitrogens with zero attached hydrogens (tertiary/aromatic N) is 8. The summed E-state index contributed by atoms with van der Waals surface area (Å²) in [5.41, 5.74) is 4.62. The Morgan fingerprint density at radius 1 is 1.12 bits per heavy atom. The summed E-state index contributed by atoms with van der Waals surface area (Å²) in [6.07, 6.45) is 3.45. The lowest BCUT2D eigenvalue weighted by molar-refractivity contribution is 0.0601. The minimum atomic E-state index is -0.512. The Balaban J connectivity index is 1.15. The molecular formula is C30H27FN8O4. The molecule has 0 saturated heterocycles. The van der Waals surface area contributed by atoms with Crippen molar-refractivity contribution in [3.8, 4) is 17.9 Å². The number of hydrogen-bond donors (Lipinski definition) is 0. The van der Waals surface area contributed by atoms with E-state index in [4.69, 9.17) is 29.6 Å². The van der Waals surface area contributed by atoms with Crippen molar-refractivity contribution < 1.29 is 23.4 Å². The Morgan fingerprint density at radius 2 is 2.00 bits per heavy atom. The molecule has 0 bridgehead atoms. The number of halogens is 1. The molecule has 1 aliphatic heterocycles. The highest BCUT2D eigenvalue weighted by atomic mass is 19.1. The number of methoxy groups -OCH3 is 2. The molecule has 0 unspecified atom stereocenters. The molecule has 43 heavy (non-hydrogen) atoms. The molecular weight excluding hydrogens is 555 g/mol. The van der Waals surface area contributed by atoms with Gasteiger partial charge in [0.05, 0.1) is 54.2 Å². The van der Waals surface area contributed by atoms with E-state index in [0.29, 0.717) is 49.9 Å². The summed E-state index contributed by atoms with van der Waals surface area (Å²) in [5, 5.41) is 13.6. The molecule has 1 aliphatic rings. The highest BCUT2D eigenvalue weighted by Crippen LogP contribution is 2.26. The fraction of sp³-hybridized carbons (Fsp3) is 0.267. The van der Waals surface area contributed by atoms with E-state index < -0.39 is 11.8 Å². The van der Waals surface area contributed by atoms with Gasteiger partial charge in [-0.3, -0.25) is 4.90 Å². The fourth-order valence-corrected chi connectivity index (χ4v) is 5.01. The van der Waals surface area contributed by atoms with Gasteiger partial charge in [0, 0.05) is 56.3 Å². The normalized spacial score (nSPS) is 12.8. The van der Waals surface area contributed by atoms with Gasteiger partial charge in [-0.2, -0.15) is 15.3 Å². The Morgan fingerprint density at radius 3 is 2.77 bits per heavy atom. The van der Waals surface area contributed by atoms with Gasteiger partial charge in [0.1, 0.15) is 18.2 Å². The van der Waals surface area contributed by atoms with E-state index in [-0.39, 0.29) is 18.1 Å². The zero-order valence-electron chi connectivity index (χ0n) is 23.5. The first-order valence-corrected chi connectivity index (χ1v) is 13.5. The first-order valence-electron chi connectivity index (χ1n) is 13.5. The van der Waals surface area contributed by atoms with Gasteiger partial charge in [0.25, 0.3) is 5.95 Å². The van der Waals surface area contributed by atoms with Gasteiger partial charge in [-0.1, -0.05) is 6.07 Å². The second-order valence-corrected chi connectivity index (χ2v) is 9.96. The van der Waals surface area contributed by atoms with Crippen molar-refractivity contribution in [3.63, 3.8) is 0 Å². The lowest BCUT2D eigenvalue weighted by Crippen LogP contribution is -2.21. The average Bonchev–Trinajstić information content (AvgIpc) is 3.70. The Bertz CT molecular complexity index is 1840. The molecule has 0 N–H and O–H groups in total. The minimum Gasteiger partial charge on any atom is -0.473 e. The van der Waals surface area contributed by atoms with E-state index in [1.165, 1.54) is 25.3 Å². The Hall–Kier alpha value is -5.19. The van der Waals surface area contributed by atoms with E-state index >= 15 is 0 Å². The summed E-state index contributed by atoms with van der Waals surface area (Å²) < 4.78 is 33.8. The summed E-state index contributed by atoms with van der Waals surface area (Å²) in [6.45, 7) is 2.89. The number of fused-ring (bicyclic) bond motifs is 2. The van der Waals surface area contributed by atoms with Gasteiger partial charge in [0.2, 0.25) is 5.88 Å². The van der Waals surface area contributed by atoms with Crippen molar-refractivity contribution in [2.45, 2.75) is 32.8 Å². The van der Waals surface area contributed by atoms with Gasteiger partial charge in [-0.05, 0) is 30.3 Å². The molecule has 0 amide bonds. The van der Waals surface area contributed by atoms with Crippen LogP contribution in [0.2, 0.25) is 0 Å². The second kappa shape index (κ2) is 12.0. The van der Waals surface area contributed by atoms with E-state index in [0.717, 1.165) is 28.1 Å². The Kier molecular flexibility index (Phi) is 7.78. The fourth-order valence-electron chi connectivity index (χ4n) is 5.01. The van der Waals surface area contributed by atoms with Crippen molar-refractivity contribution in [2.24, 2.45) is 0 Å². The maximum atomic E-state index is 14.2. The molecule has 0 atom stereocenters. The summed E-state index contributed by atoms with van der Waals surface area (Å²) in [6, 6.07) is 13.1. The van der Waals surface area contributed by atoms with Crippen LogP contribution >= 0.6 is 0 Å². The topological polar surface area (TPSA) is 133 Å². The second-order valence-electron chi connectivity index (χ2n) is 9.96. The summed E-state index contributed by atoms with van der Waals surface area (Å²) in [4.78, 5) is 27.9. The van der Waals surface area contributed by atoms with Gasteiger partial charge in [-0.15, -0.1) is 0 Å². The number of imidazole rings is 1. The van der Waals surface area contributed by atoms with E-state index in [1.807, 2.05) is 18.3 Å². The molecule has 0 radical (unpaired) electrons. The maximum Gasteiger partial charge on any atom is 0.337 e. The predicted octanol–water partition coefficient (Wildman–Crippen LogP) is 3.55. The van der Waals surface area contributed by atoms with Gasteiger partial charge < -0.3 is 18.8 Å². The lowest BCUT2D eigenvalue weighted by atomic mass is 10.1. The number of esters is 1. The van der Waals surface area contributed by atoms with Crippen LogP contribution in [0.4, 0.5) is 4.39 Å². The summed E-state index contributed by atoms with van der Waals surface area (Å²) >= 11 is 0. The molecule has 0 saturated carbocycles. The van der Waals surface area contributed by atoms with Crippen molar-refractivity contribution in [1.29, 1.82) is 5.26 Å². The van der Waals surface area contributed by atoms with Crippen LogP contribution in [-0.2, 0) is 42.3 Å². The first-order chi connectivity index (χ1) is 20.9. The predicted molar refractivity (Wildman–Crippen MR) is 151 cm³/mol. The van der Waals surface area contributed by atoms with Crippen molar-refractivity contribution in [2.75, 3.05) is 20.8 Å². The van der Waals surface area contributed by atoms with Crippen molar-refractivity contribution >= 4 is 17.0 Å². The molecule has 5 aromatic rings. The number of rotatable bonds is 10. The number of hydrogen-bond acceptors (Lipinski definition) is 10. The molecule has 2 aromatic carbocycles. The van der Waals surface area contributed by atoms with Gasteiger partial charge in [0.15, 0.2) is 0 Å². The SMILES string of the molecule is COCCn1c(CN2Cc3cn(-c4nccc(OCc5ccc(C#N)cc5F)n4)nc3C2)nc2ccc(C(=O)OC)cc21. The molecule has 3 aromatic heterocycles. The minimum absolute atomic E-state index is 0.0439. The third-order valence-corrected chi connectivity index (χ3v) is 7.16. The van der Waals surface area contributed by atoms with Crippen LogP contribution in [0.15, 0.2) is 54.9 Å². The summed E-state index contributed by atoms with van der Waals surface area (Å²) in [5.74, 6) is 0.560. The molecule has 13 heteroatoms.